The van der Waals surface area contributed by atoms with E-state index in [4.69, 9.17) is 18.9 Å². The Bertz CT molecular complexity index is 781. The molecule has 2 heterocycles. The van der Waals surface area contributed by atoms with Crippen LogP contribution in [-0.4, -0.2) is 62.5 Å². The summed E-state index contributed by atoms with van der Waals surface area (Å²) in [6.07, 6.45) is 6.68. The van der Waals surface area contributed by atoms with E-state index in [9.17, 15) is 9.59 Å². The lowest BCUT2D eigenvalue weighted by Gasteiger charge is -2.31. The molecule has 2 aliphatic heterocycles. The smallest absolute Gasteiger partial charge is 0.486 e. The Hall–Kier alpha value is -2.48. The summed E-state index contributed by atoms with van der Waals surface area (Å²) in [4.78, 5) is 27.6. The molecule has 1 saturated heterocycles. The molecule has 0 spiro atoms. The number of fused-ring (bicyclic) bond motifs is 1. The van der Waals surface area contributed by atoms with Crippen LogP contribution < -0.4 is 14.8 Å². The van der Waals surface area contributed by atoms with Crippen LogP contribution in [0.3, 0.4) is 0 Å². The van der Waals surface area contributed by atoms with Crippen LogP contribution in [0.5, 0.6) is 11.5 Å². The first kappa shape index (κ1) is 26.1. The van der Waals surface area contributed by atoms with Gasteiger partial charge in [0.05, 0.1) is 12.6 Å². The Kier molecular flexibility index (Phi) is 10.8. The van der Waals surface area contributed by atoms with Crippen molar-refractivity contribution in [2.45, 2.75) is 77.4 Å². The molecule has 8 nitrogen and oxygen atoms in total. The van der Waals surface area contributed by atoms with Crippen LogP contribution in [0.2, 0.25) is 0 Å². The number of rotatable bonds is 13. The fourth-order valence-corrected chi connectivity index (χ4v) is 4.50. The Morgan fingerprint density at radius 2 is 1.76 bits per heavy atom. The van der Waals surface area contributed by atoms with E-state index in [1.807, 2.05) is 18.2 Å². The van der Waals surface area contributed by atoms with Gasteiger partial charge in [-0.3, -0.25) is 4.79 Å². The number of nitrogens with zero attached hydrogens (tertiary/aromatic N) is 1. The Labute approximate surface area is 203 Å². The molecule has 1 fully saturated rings. The van der Waals surface area contributed by atoms with Crippen molar-refractivity contribution in [3.63, 3.8) is 0 Å². The van der Waals surface area contributed by atoms with Crippen LogP contribution in [0.15, 0.2) is 18.2 Å². The second-order valence-electron chi connectivity index (χ2n) is 8.97. The quantitative estimate of drug-likeness (QED) is 0.329. The first-order chi connectivity index (χ1) is 16.6. The summed E-state index contributed by atoms with van der Waals surface area (Å²) in [6, 6.07) is 5.12. The molecule has 2 aliphatic rings. The van der Waals surface area contributed by atoms with Gasteiger partial charge in [-0.25, -0.2) is 4.79 Å². The fraction of sp³-hybridized carbons (Fsp3) is 0.692. The molecule has 34 heavy (non-hydrogen) atoms. The number of benzene rings is 1. The average Bonchev–Trinajstić information content (AvgIpc) is 3.35. The van der Waals surface area contributed by atoms with Crippen LogP contribution in [0.1, 0.15) is 76.9 Å². The minimum Gasteiger partial charge on any atom is -0.486 e. The van der Waals surface area contributed by atoms with Crippen LogP contribution in [-0.2, 0) is 14.3 Å². The summed E-state index contributed by atoms with van der Waals surface area (Å²) >= 11 is 0. The first-order valence-corrected chi connectivity index (χ1v) is 12.8. The third-order valence-electron chi connectivity index (χ3n) is 6.25. The van der Waals surface area contributed by atoms with E-state index >= 15 is 0 Å². The molecule has 2 atom stereocenters. The van der Waals surface area contributed by atoms with Gasteiger partial charge in [-0.2, -0.15) is 0 Å². The van der Waals surface area contributed by atoms with E-state index in [2.05, 4.69) is 17.1 Å². The Morgan fingerprint density at radius 1 is 1.03 bits per heavy atom. The van der Waals surface area contributed by atoms with Crippen molar-refractivity contribution in [2.75, 3.05) is 39.5 Å². The molecule has 0 aliphatic carbocycles. The molecular weight excluding hydrogens is 436 g/mol. The highest BCUT2D eigenvalue weighted by molar-refractivity contribution is 5.76. The van der Waals surface area contributed by atoms with E-state index in [0.717, 1.165) is 50.8 Å². The van der Waals surface area contributed by atoms with Gasteiger partial charge in [-0.05, 0) is 57.0 Å². The third kappa shape index (κ3) is 8.08. The summed E-state index contributed by atoms with van der Waals surface area (Å²) in [7, 11) is 0. The highest BCUT2D eigenvalue weighted by Crippen LogP contribution is 2.35. The maximum atomic E-state index is 12.9. The number of unbranched alkanes of at least 4 members (excludes halogenated alkanes) is 4. The van der Waals surface area contributed by atoms with Gasteiger partial charge in [0, 0.05) is 13.0 Å². The number of carbonyl (C=O) groups excluding carboxylic acids is 2. The van der Waals surface area contributed by atoms with E-state index in [1.165, 1.54) is 12.8 Å². The lowest BCUT2D eigenvalue weighted by atomic mass is 10.00. The molecule has 1 N–H and O–H groups in total. The number of carbonyl (C=O) groups is 2. The van der Waals surface area contributed by atoms with Gasteiger partial charge in [0.25, 0.3) is 0 Å². The highest BCUT2D eigenvalue weighted by atomic mass is 16.7. The van der Waals surface area contributed by atoms with E-state index in [0.29, 0.717) is 37.7 Å². The predicted octanol–water partition coefficient (Wildman–Crippen LogP) is 4.61. The van der Waals surface area contributed by atoms with Crippen LogP contribution in [0, 0.1) is 0 Å². The second-order valence-corrected chi connectivity index (χ2v) is 8.97. The van der Waals surface area contributed by atoms with Gasteiger partial charge in [0.2, 0.25) is 5.91 Å². The molecule has 0 bridgehead atoms. The minimum absolute atomic E-state index is 0.0179. The van der Waals surface area contributed by atoms with Gasteiger partial charge in [-0.1, -0.05) is 38.7 Å². The normalized spacial score (nSPS) is 17.1. The maximum Gasteiger partial charge on any atom is 0.508 e. The molecular formula is C26H40N2O6. The van der Waals surface area contributed by atoms with Crippen molar-refractivity contribution in [1.29, 1.82) is 0 Å². The SMILES string of the molecule is CCCCCCCC(=O)N[C@H](CN1CCCC1)[C@H](OC(=O)OCC)c1ccc2c(c1)OCCO2. The van der Waals surface area contributed by atoms with Crippen molar-refractivity contribution in [1.82, 2.24) is 10.2 Å². The Morgan fingerprint density at radius 3 is 2.50 bits per heavy atom. The predicted molar refractivity (Wildman–Crippen MR) is 129 cm³/mol. The van der Waals surface area contributed by atoms with Crippen LogP contribution in [0.25, 0.3) is 0 Å². The molecule has 8 heteroatoms. The molecule has 1 aromatic rings. The monoisotopic (exact) mass is 476 g/mol. The fourth-order valence-electron chi connectivity index (χ4n) is 4.50. The summed E-state index contributed by atoms with van der Waals surface area (Å²) < 4.78 is 22.3. The molecule has 3 rings (SSSR count). The zero-order valence-corrected chi connectivity index (χ0v) is 20.7. The van der Waals surface area contributed by atoms with E-state index < -0.39 is 18.3 Å². The molecule has 190 valence electrons. The number of amides is 1. The van der Waals surface area contributed by atoms with Crippen molar-refractivity contribution in [3.8, 4) is 11.5 Å². The van der Waals surface area contributed by atoms with Crippen molar-refractivity contribution in [3.05, 3.63) is 23.8 Å². The summed E-state index contributed by atoms with van der Waals surface area (Å²) in [5, 5.41) is 3.18. The number of ether oxygens (including phenoxy) is 4. The van der Waals surface area contributed by atoms with Crippen molar-refractivity contribution >= 4 is 12.1 Å². The molecule has 0 unspecified atom stereocenters. The zero-order valence-electron chi connectivity index (χ0n) is 20.7. The molecule has 0 aromatic heterocycles. The van der Waals surface area contributed by atoms with Gasteiger partial charge < -0.3 is 29.2 Å². The Balaban J connectivity index is 1.78. The number of likely N-dealkylation sites (tertiary alicyclic amines) is 1. The standard InChI is InChI=1S/C26H40N2O6/c1-3-5-6-7-8-11-24(29)27-21(19-28-14-9-10-15-28)25(34-26(30)31-4-2)20-12-13-22-23(18-20)33-17-16-32-22/h12-13,18,21,25H,3-11,14-17,19H2,1-2H3,(H,27,29)/t21-,25-/m1/s1. The van der Waals surface area contributed by atoms with E-state index in [1.54, 1.807) is 6.92 Å². The van der Waals surface area contributed by atoms with Gasteiger partial charge in [0.1, 0.15) is 13.2 Å². The summed E-state index contributed by atoms with van der Waals surface area (Å²) in [5.41, 5.74) is 0.741. The van der Waals surface area contributed by atoms with E-state index in [-0.39, 0.29) is 12.5 Å². The topological polar surface area (TPSA) is 86.3 Å². The largest absolute Gasteiger partial charge is 0.508 e. The second kappa shape index (κ2) is 14.0. The maximum absolute atomic E-state index is 12.9. The first-order valence-electron chi connectivity index (χ1n) is 12.8. The van der Waals surface area contributed by atoms with Crippen LogP contribution in [0.4, 0.5) is 4.79 Å². The average molecular weight is 477 g/mol. The number of hydrogen-bond donors (Lipinski definition) is 1. The summed E-state index contributed by atoms with van der Waals surface area (Å²) in [6.45, 7) is 7.63. The van der Waals surface area contributed by atoms with Gasteiger partial charge in [0.15, 0.2) is 17.6 Å². The molecule has 0 saturated carbocycles. The van der Waals surface area contributed by atoms with Crippen molar-refractivity contribution in [2.24, 2.45) is 0 Å². The molecule has 0 radical (unpaired) electrons. The molecule has 1 aromatic carbocycles. The third-order valence-corrected chi connectivity index (χ3v) is 6.25. The zero-order chi connectivity index (χ0) is 24.2. The minimum atomic E-state index is -0.748. The van der Waals surface area contributed by atoms with Crippen LogP contribution >= 0.6 is 0 Å². The van der Waals surface area contributed by atoms with Gasteiger partial charge >= 0.3 is 6.16 Å². The lowest BCUT2D eigenvalue weighted by molar-refractivity contribution is -0.123. The lowest BCUT2D eigenvalue weighted by Crippen LogP contribution is -2.47. The van der Waals surface area contributed by atoms with Crippen molar-refractivity contribution < 1.29 is 28.5 Å². The number of nitrogens with one attached hydrogen (secondary N) is 1. The molecule has 1 amide bonds. The summed E-state index contributed by atoms with van der Waals surface area (Å²) in [5.74, 6) is 1.26. The van der Waals surface area contributed by atoms with Gasteiger partial charge in [-0.15, -0.1) is 0 Å². The highest BCUT2D eigenvalue weighted by Gasteiger charge is 2.32. The number of hydrogen-bond acceptors (Lipinski definition) is 7.